The minimum Gasteiger partial charge on any atom is -0.390 e. The molecule has 0 bridgehead atoms. The molecule has 2 rings (SSSR count). The lowest BCUT2D eigenvalue weighted by Crippen LogP contribution is -2.22. The first-order chi connectivity index (χ1) is 6.74. The molecule has 0 spiro atoms. The van der Waals surface area contributed by atoms with E-state index in [1.807, 2.05) is 12.1 Å². The van der Waals surface area contributed by atoms with Crippen molar-refractivity contribution < 1.29 is 10.2 Å². The van der Waals surface area contributed by atoms with Crippen molar-refractivity contribution in [2.24, 2.45) is 0 Å². The van der Waals surface area contributed by atoms with Gasteiger partial charge in [0.1, 0.15) is 5.60 Å². The van der Waals surface area contributed by atoms with E-state index in [-0.39, 0.29) is 6.61 Å². The number of hydrogen-bond acceptors (Lipinski definition) is 3. The molecule has 0 atom stereocenters. The van der Waals surface area contributed by atoms with Crippen LogP contribution in [0.1, 0.15) is 37.1 Å². The molecular weight excluding hydrogens is 178 g/mol. The van der Waals surface area contributed by atoms with E-state index in [1.165, 1.54) is 0 Å². The van der Waals surface area contributed by atoms with Crippen LogP contribution in [0.15, 0.2) is 18.2 Å². The van der Waals surface area contributed by atoms with E-state index in [4.69, 9.17) is 5.11 Å². The van der Waals surface area contributed by atoms with Crippen LogP contribution in [0, 0.1) is 0 Å². The molecule has 0 saturated heterocycles. The van der Waals surface area contributed by atoms with Crippen molar-refractivity contribution in [3.8, 4) is 0 Å². The Balaban J connectivity index is 2.30. The molecule has 0 unspecified atom stereocenters. The normalized spacial score (nSPS) is 19.9. The third-order valence-electron chi connectivity index (χ3n) is 2.88. The SMILES string of the molecule is OCc1cccc(C2(O)CCCC2)n1. The number of nitrogens with zero attached hydrogens (tertiary/aromatic N) is 1. The van der Waals surface area contributed by atoms with E-state index >= 15 is 0 Å². The molecule has 0 amide bonds. The van der Waals surface area contributed by atoms with E-state index in [9.17, 15) is 5.11 Å². The maximum atomic E-state index is 10.2. The smallest absolute Gasteiger partial charge is 0.106 e. The Morgan fingerprint density at radius 2 is 2.00 bits per heavy atom. The summed E-state index contributed by atoms with van der Waals surface area (Å²) < 4.78 is 0. The van der Waals surface area contributed by atoms with Crippen molar-refractivity contribution in [2.45, 2.75) is 37.9 Å². The maximum absolute atomic E-state index is 10.2. The Hall–Kier alpha value is -0.930. The molecule has 1 aromatic rings. The highest BCUT2D eigenvalue weighted by molar-refractivity contribution is 5.18. The van der Waals surface area contributed by atoms with Gasteiger partial charge in [0.2, 0.25) is 0 Å². The standard InChI is InChI=1S/C11H15NO2/c13-8-9-4-3-5-10(12-9)11(14)6-1-2-7-11/h3-5,13-14H,1-2,6-8H2. The lowest BCUT2D eigenvalue weighted by Gasteiger charge is -2.21. The summed E-state index contributed by atoms with van der Waals surface area (Å²) in [7, 11) is 0. The molecule has 1 fully saturated rings. The Labute approximate surface area is 83.4 Å². The van der Waals surface area contributed by atoms with Crippen LogP contribution in [0.25, 0.3) is 0 Å². The van der Waals surface area contributed by atoms with Gasteiger partial charge in [-0.1, -0.05) is 18.9 Å². The highest BCUT2D eigenvalue weighted by Crippen LogP contribution is 2.37. The molecule has 2 N–H and O–H groups in total. The van der Waals surface area contributed by atoms with Crippen LogP contribution in [0.5, 0.6) is 0 Å². The first kappa shape index (κ1) is 9.62. The van der Waals surface area contributed by atoms with E-state index in [2.05, 4.69) is 4.98 Å². The van der Waals surface area contributed by atoms with Crippen molar-refractivity contribution in [3.05, 3.63) is 29.6 Å². The van der Waals surface area contributed by atoms with Crippen LogP contribution >= 0.6 is 0 Å². The number of aliphatic hydroxyl groups excluding tert-OH is 1. The zero-order chi connectivity index (χ0) is 10.0. The molecule has 0 aromatic carbocycles. The summed E-state index contributed by atoms with van der Waals surface area (Å²) in [5, 5.41) is 19.2. The van der Waals surface area contributed by atoms with Crippen molar-refractivity contribution in [3.63, 3.8) is 0 Å². The van der Waals surface area contributed by atoms with Gasteiger partial charge in [0.15, 0.2) is 0 Å². The Bertz CT molecular complexity index is 319. The first-order valence-electron chi connectivity index (χ1n) is 5.04. The summed E-state index contributed by atoms with van der Waals surface area (Å²) in [6, 6.07) is 5.44. The van der Waals surface area contributed by atoms with Crippen LogP contribution < -0.4 is 0 Å². The lowest BCUT2D eigenvalue weighted by atomic mass is 9.97. The van der Waals surface area contributed by atoms with Gasteiger partial charge in [0.25, 0.3) is 0 Å². The molecule has 3 heteroatoms. The van der Waals surface area contributed by atoms with E-state index in [0.717, 1.165) is 25.7 Å². The maximum Gasteiger partial charge on any atom is 0.106 e. The zero-order valence-corrected chi connectivity index (χ0v) is 8.11. The number of aliphatic hydroxyl groups is 2. The van der Waals surface area contributed by atoms with Crippen molar-refractivity contribution >= 4 is 0 Å². The number of rotatable bonds is 2. The number of pyridine rings is 1. The zero-order valence-electron chi connectivity index (χ0n) is 8.11. The fourth-order valence-electron chi connectivity index (χ4n) is 2.04. The van der Waals surface area contributed by atoms with Crippen LogP contribution in [0.4, 0.5) is 0 Å². The van der Waals surface area contributed by atoms with E-state index < -0.39 is 5.60 Å². The van der Waals surface area contributed by atoms with Crippen LogP contribution in [0.3, 0.4) is 0 Å². The fraction of sp³-hybridized carbons (Fsp3) is 0.545. The summed E-state index contributed by atoms with van der Waals surface area (Å²) in [5.41, 5.74) is 0.593. The second-order valence-electron chi connectivity index (χ2n) is 3.91. The highest BCUT2D eigenvalue weighted by Gasteiger charge is 2.34. The minimum atomic E-state index is -0.745. The molecule has 1 aromatic heterocycles. The minimum absolute atomic E-state index is 0.0656. The lowest BCUT2D eigenvalue weighted by molar-refractivity contribution is 0.0395. The average molecular weight is 193 g/mol. The van der Waals surface area contributed by atoms with Gasteiger partial charge in [-0.25, -0.2) is 0 Å². The first-order valence-corrected chi connectivity index (χ1v) is 5.04. The molecule has 3 nitrogen and oxygen atoms in total. The molecule has 0 radical (unpaired) electrons. The van der Waals surface area contributed by atoms with Gasteiger partial charge >= 0.3 is 0 Å². The van der Waals surface area contributed by atoms with Gasteiger partial charge < -0.3 is 10.2 Å². The summed E-state index contributed by atoms with van der Waals surface area (Å²) in [5.74, 6) is 0. The summed E-state index contributed by atoms with van der Waals surface area (Å²) in [6.45, 7) is -0.0656. The Morgan fingerprint density at radius 3 is 2.64 bits per heavy atom. The molecule has 14 heavy (non-hydrogen) atoms. The predicted octanol–water partition coefficient (Wildman–Crippen LogP) is 1.34. The number of aromatic nitrogens is 1. The Kier molecular flexibility index (Phi) is 2.52. The highest BCUT2D eigenvalue weighted by atomic mass is 16.3. The van der Waals surface area contributed by atoms with Crippen LogP contribution in [0.2, 0.25) is 0 Å². The average Bonchev–Trinajstić information content (AvgIpc) is 2.67. The third-order valence-corrected chi connectivity index (χ3v) is 2.88. The van der Waals surface area contributed by atoms with Gasteiger partial charge in [0.05, 0.1) is 18.0 Å². The second-order valence-corrected chi connectivity index (χ2v) is 3.91. The van der Waals surface area contributed by atoms with Crippen molar-refractivity contribution in [1.29, 1.82) is 0 Å². The molecular formula is C11H15NO2. The van der Waals surface area contributed by atoms with Crippen molar-refractivity contribution in [1.82, 2.24) is 4.98 Å². The Morgan fingerprint density at radius 1 is 1.29 bits per heavy atom. The van der Waals surface area contributed by atoms with Gasteiger partial charge in [0, 0.05) is 0 Å². The number of hydrogen-bond donors (Lipinski definition) is 2. The molecule has 1 heterocycles. The molecule has 76 valence electrons. The fourth-order valence-corrected chi connectivity index (χ4v) is 2.04. The second kappa shape index (κ2) is 3.67. The monoisotopic (exact) mass is 193 g/mol. The predicted molar refractivity (Wildman–Crippen MR) is 52.5 cm³/mol. The molecule has 1 saturated carbocycles. The van der Waals surface area contributed by atoms with Crippen LogP contribution in [-0.4, -0.2) is 15.2 Å². The van der Waals surface area contributed by atoms with Gasteiger partial charge in [-0.2, -0.15) is 0 Å². The molecule has 1 aliphatic carbocycles. The molecule has 1 aliphatic rings. The summed E-state index contributed by atoms with van der Waals surface area (Å²) >= 11 is 0. The quantitative estimate of drug-likeness (QED) is 0.745. The van der Waals surface area contributed by atoms with Crippen molar-refractivity contribution in [2.75, 3.05) is 0 Å². The van der Waals surface area contributed by atoms with Gasteiger partial charge in [-0.3, -0.25) is 4.98 Å². The third kappa shape index (κ3) is 1.65. The largest absolute Gasteiger partial charge is 0.390 e. The van der Waals surface area contributed by atoms with Gasteiger partial charge in [-0.05, 0) is 25.0 Å². The molecule has 0 aliphatic heterocycles. The van der Waals surface area contributed by atoms with E-state index in [1.54, 1.807) is 6.07 Å². The summed E-state index contributed by atoms with van der Waals surface area (Å²) in [6.07, 6.45) is 3.69. The van der Waals surface area contributed by atoms with Crippen LogP contribution in [-0.2, 0) is 12.2 Å². The van der Waals surface area contributed by atoms with E-state index in [0.29, 0.717) is 11.4 Å². The summed E-state index contributed by atoms with van der Waals surface area (Å²) in [4.78, 5) is 4.24. The topological polar surface area (TPSA) is 53.4 Å². The van der Waals surface area contributed by atoms with Gasteiger partial charge in [-0.15, -0.1) is 0 Å².